The highest BCUT2D eigenvalue weighted by Crippen LogP contribution is 2.28. The van der Waals surface area contributed by atoms with Crippen molar-refractivity contribution in [3.05, 3.63) is 88.5 Å². The molecule has 3 aromatic carbocycles. The number of rotatable bonds is 10. The zero-order valence-electron chi connectivity index (χ0n) is 19.3. The third kappa shape index (κ3) is 6.83. The van der Waals surface area contributed by atoms with E-state index in [4.69, 9.17) is 14.6 Å². The van der Waals surface area contributed by atoms with Gasteiger partial charge in [0, 0.05) is 5.69 Å². The van der Waals surface area contributed by atoms with Crippen LogP contribution in [0.3, 0.4) is 0 Å². The van der Waals surface area contributed by atoms with Crippen LogP contribution in [0.4, 0.5) is 5.69 Å². The highest BCUT2D eigenvalue weighted by molar-refractivity contribution is 5.87. The monoisotopic (exact) mass is 461 g/mol. The van der Waals surface area contributed by atoms with Crippen molar-refractivity contribution in [2.24, 2.45) is 5.10 Å². The minimum absolute atomic E-state index is 0.0962. The third-order valence-electron chi connectivity index (χ3n) is 5.12. The maximum absolute atomic E-state index is 12.1. The van der Waals surface area contributed by atoms with E-state index < -0.39 is 5.97 Å². The van der Waals surface area contributed by atoms with E-state index in [9.17, 15) is 9.59 Å². The number of nitrogens with zero attached hydrogens (tertiary/aromatic N) is 1. The van der Waals surface area contributed by atoms with Crippen LogP contribution in [0, 0.1) is 13.8 Å². The second-order valence-corrected chi connectivity index (χ2v) is 7.65. The lowest BCUT2D eigenvalue weighted by molar-refractivity contribution is -0.119. The van der Waals surface area contributed by atoms with Gasteiger partial charge in [0.1, 0.15) is 6.61 Å². The van der Waals surface area contributed by atoms with Gasteiger partial charge in [-0.2, -0.15) is 5.10 Å². The van der Waals surface area contributed by atoms with Crippen LogP contribution in [-0.2, 0) is 11.4 Å². The number of nitrogens with one attached hydrogen (secondary N) is 2. The van der Waals surface area contributed by atoms with E-state index in [0.29, 0.717) is 17.1 Å². The zero-order chi connectivity index (χ0) is 24.5. The predicted molar refractivity (Wildman–Crippen MR) is 131 cm³/mol. The van der Waals surface area contributed by atoms with Crippen LogP contribution in [0.25, 0.3) is 0 Å². The van der Waals surface area contributed by atoms with Gasteiger partial charge in [-0.05, 0) is 78.6 Å². The molecule has 0 radical (unpaired) electrons. The first-order chi connectivity index (χ1) is 16.4. The molecule has 0 unspecified atom stereocenters. The SMILES string of the molecule is COc1cc(/C=N\NC(=O)CNc2ccc(C)c(C)c2)ccc1OCc1cccc(C(=O)O)c1. The molecule has 3 rings (SSSR count). The summed E-state index contributed by atoms with van der Waals surface area (Å²) in [6.45, 7) is 4.34. The number of amides is 1. The van der Waals surface area contributed by atoms with Gasteiger partial charge >= 0.3 is 5.97 Å². The molecule has 34 heavy (non-hydrogen) atoms. The Morgan fingerprint density at radius 2 is 1.82 bits per heavy atom. The summed E-state index contributed by atoms with van der Waals surface area (Å²) in [5.41, 5.74) is 7.34. The Labute approximate surface area is 198 Å². The Morgan fingerprint density at radius 3 is 2.56 bits per heavy atom. The van der Waals surface area contributed by atoms with E-state index in [0.717, 1.165) is 16.8 Å². The molecular formula is C26H27N3O5. The van der Waals surface area contributed by atoms with Gasteiger partial charge in [0.05, 0.1) is 25.4 Å². The molecule has 0 saturated heterocycles. The summed E-state index contributed by atoms with van der Waals surface area (Å²) in [6, 6.07) is 17.7. The molecule has 8 heteroatoms. The van der Waals surface area contributed by atoms with Crippen molar-refractivity contribution in [1.29, 1.82) is 0 Å². The maximum Gasteiger partial charge on any atom is 0.335 e. The van der Waals surface area contributed by atoms with Crippen molar-refractivity contribution < 1.29 is 24.2 Å². The Balaban J connectivity index is 1.54. The van der Waals surface area contributed by atoms with Gasteiger partial charge < -0.3 is 19.9 Å². The molecular weight excluding hydrogens is 434 g/mol. The van der Waals surface area contributed by atoms with E-state index in [-0.39, 0.29) is 24.6 Å². The van der Waals surface area contributed by atoms with Gasteiger partial charge in [0.2, 0.25) is 0 Å². The third-order valence-corrected chi connectivity index (χ3v) is 5.12. The highest BCUT2D eigenvalue weighted by atomic mass is 16.5. The first-order valence-corrected chi connectivity index (χ1v) is 10.6. The lowest BCUT2D eigenvalue weighted by atomic mass is 10.1. The number of benzene rings is 3. The smallest absolute Gasteiger partial charge is 0.335 e. The van der Waals surface area contributed by atoms with Crippen molar-refractivity contribution in [2.75, 3.05) is 19.0 Å². The van der Waals surface area contributed by atoms with Crippen molar-refractivity contribution >= 4 is 23.8 Å². The molecule has 0 aliphatic carbocycles. The fraction of sp³-hybridized carbons (Fsp3) is 0.192. The minimum atomic E-state index is -0.990. The lowest BCUT2D eigenvalue weighted by Gasteiger charge is -2.11. The molecule has 3 aromatic rings. The molecule has 8 nitrogen and oxygen atoms in total. The predicted octanol–water partition coefficient (Wildman–Crippen LogP) is 4.15. The van der Waals surface area contributed by atoms with E-state index in [1.54, 1.807) is 36.4 Å². The van der Waals surface area contributed by atoms with Crippen LogP contribution < -0.4 is 20.2 Å². The van der Waals surface area contributed by atoms with Gasteiger partial charge in [0.25, 0.3) is 5.91 Å². The van der Waals surface area contributed by atoms with Crippen LogP contribution in [0.15, 0.2) is 65.8 Å². The van der Waals surface area contributed by atoms with E-state index >= 15 is 0 Å². The molecule has 0 aliphatic rings. The van der Waals surface area contributed by atoms with Crippen molar-refractivity contribution in [3.8, 4) is 11.5 Å². The van der Waals surface area contributed by atoms with Crippen molar-refractivity contribution in [1.82, 2.24) is 5.43 Å². The summed E-state index contributed by atoms with van der Waals surface area (Å²) >= 11 is 0. The fourth-order valence-electron chi connectivity index (χ4n) is 3.09. The quantitative estimate of drug-likeness (QED) is 0.309. The summed E-state index contributed by atoms with van der Waals surface area (Å²) in [7, 11) is 1.52. The second-order valence-electron chi connectivity index (χ2n) is 7.65. The average molecular weight is 462 g/mol. The number of hydrogen-bond acceptors (Lipinski definition) is 6. The summed E-state index contributed by atoms with van der Waals surface area (Å²) in [6.07, 6.45) is 1.51. The minimum Gasteiger partial charge on any atom is -0.493 e. The lowest BCUT2D eigenvalue weighted by Crippen LogP contribution is -2.25. The molecule has 0 bridgehead atoms. The van der Waals surface area contributed by atoms with Crippen LogP contribution in [-0.4, -0.2) is 36.9 Å². The number of methoxy groups -OCH3 is 1. The topological polar surface area (TPSA) is 109 Å². The number of hydrogen-bond donors (Lipinski definition) is 3. The van der Waals surface area contributed by atoms with E-state index in [1.165, 1.54) is 25.0 Å². The standard InChI is InChI=1S/C26H27N3O5/c1-17-7-9-22(11-18(17)2)27-15-25(30)29-28-14-19-8-10-23(24(13-19)33-3)34-16-20-5-4-6-21(12-20)26(31)32/h4-14,27H,15-16H2,1-3H3,(H,29,30)(H,31,32)/b28-14-. The van der Waals surface area contributed by atoms with Crippen LogP contribution in [0.5, 0.6) is 11.5 Å². The Kier molecular flexibility index (Phi) is 8.23. The molecule has 0 atom stereocenters. The normalized spacial score (nSPS) is 10.7. The molecule has 3 N–H and O–H groups in total. The van der Waals surface area contributed by atoms with Gasteiger partial charge in [0.15, 0.2) is 11.5 Å². The molecule has 0 aliphatic heterocycles. The molecule has 0 saturated carbocycles. The van der Waals surface area contributed by atoms with Crippen LogP contribution in [0.2, 0.25) is 0 Å². The van der Waals surface area contributed by atoms with Gasteiger partial charge in [-0.1, -0.05) is 18.2 Å². The van der Waals surface area contributed by atoms with E-state index in [2.05, 4.69) is 15.8 Å². The molecule has 0 heterocycles. The van der Waals surface area contributed by atoms with Crippen molar-refractivity contribution in [2.45, 2.75) is 20.5 Å². The van der Waals surface area contributed by atoms with E-state index in [1.807, 2.05) is 32.0 Å². The number of ether oxygens (including phenoxy) is 2. The Hall–Kier alpha value is -4.33. The van der Waals surface area contributed by atoms with Gasteiger partial charge in [-0.25, -0.2) is 10.2 Å². The summed E-state index contributed by atoms with van der Waals surface area (Å²) in [5.74, 6) is -0.274. The molecule has 0 fully saturated rings. The van der Waals surface area contributed by atoms with Gasteiger partial charge in [-0.3, -0.25) is 4.79 Å². The highest BCUT2D eigenvalue weighted by Gasteiger charge is 2.08. The van der Waals surface area contributed by atoms with Crippen molar-refractivity contribution in [3.63, 3.8) is 0 Å². The number of carboxylic acid groups (broad SMARTS) is 1. The number of anilines is 1. The number of carbonyl (C=O) groups excluding carboxylic acids is 1. The summed E-state index contributed by atoms with van der Waals surface area (Å²) in [5, 5.41) is 16.2. The summed E-state index contributed by atoms with van der Waals surface area (Å²) in [4.78, 5) is 23.2. The first-order valence-electron chi connectivity index (χ1n) is 10.6. The number of carbonyl (C=O) groups is 2. The largest absolute Gasteiger partial charge is 0.493 e. The first kappa shape index (κ1) is 24.3. The number of carboxylic acids is 1. The van der Waals surface area contributed by atoms with Crippen LogP contribution in [0.1, 0.15) is 32.6 Å². The molecule has 1 amide bonds. The number of hydrazone groups is 1. The Bertz CT molecular complexity index is 1210. The number of aryl methyl sites for hydroxylation is 2. The van der Waals surface area contributed by atoms with Gasteiger partial charge in [-0.15, -0.1) is 0 Å². The number of aromatic carboxylic acids is 1. The molecule has 0 spiro atoms. The maximum atomic E-state index is 12.1. The summed E-state index contributed by atoms with van der Waals surface area (Å²) < 4.78 is 11.2. The van der Waals surface area contributed by atoms with Crippen LogP contribution >= 0.6 is 0 Å². The average Bonchev–Trinajstić information content (AvgIpc) is 2.84. The second kappa shape index (κ2) is 11.5. The Morgan fingerprint density at radius 1 is 1.00 bits per heavy atom. The zero-order valence-corrected chi connectivity index (χ0v) is 19.3. The molecule has 176 valence electrons. The fourth-order valence-corrected chi connectivity index (χ4v) is 3.09. The molecule has 0 aromatic heterocycles.